The molecule has 2 N–H and O–H groups in total. The first kappa shape index (κ1) is 7.76. The predicted molar refractivity (Wildman–Crippen MR) is 43.8 cm³/mol. The summed E-state index contributed by atoms with van der Waals surface area (Å²) in [5, 5.41) is 0. The van der Waals surface area contributed by atoms with Gasteiger partial charge in [0.05, 0.1) is 0 Å². The van der Waals surface area contributed by atoms with E-state index in [4.69, 9.17) is 5.73 Å². The summed E-state index contributed by atoms with van der Waals surface area (Å²) in [5.74, 6) is 0. The van der Waals surface area contributed by atoms with E-state index in [1.165, 1.54) is 12.1 Å². The highest BCUT2D eigenvalue weighted by Gasteiger charge is 2.10. The highest BCUT2D eigenvalue weighted by molar-refractivity contribution is 5.13. The lowest BCUT2D eigenvalue weighted by molar-refractivity contribution is 0.347. The molecule has 10 heavy (non-hydrogen) atoms. The molecule has 2 heteroatoms. The molecule has 1 unspecified atom stereocenters. The summed E-state index contributed by atoms with van der Waals surface area (Å²) in [6, 6.07) is 0.239. The van der Waals surface area contributed by atoms with Gasteiger partial charge in [0.15, 0.2) is 0 Å². The van der Waals surface area contributed by atoms with Crippen LogP contribution in [-0.4, -0.2) is 31.1 Å². The third-order valence-electron chi connectivity index (χ3n) is 1.95. The van der Waals surface area contributed by atoms with E-state index in [0.29, 0.717) is 0 Å². The maximum atomic E-state index is 5.73. The second-order valence-corrected chi connectivity index (χ2v) is 3.09. The summed E-state index contributed by atoms with van der Waals surface area (Å²) in [4.78, 5) is 2.30. The van der Waals surface area contributed by atoms with E-state index in [-0.39, 0.29) is 6.04 Å². The van der Waals surface area contributed by atoms with Crippen LogP contribution >= 0.6 is 0 Å². The first-order valence-electron chi connectivity index (χ1n) is 3.83. The summed E-state index contributed by atoms with van der Waals surface area (Å²) >= 11 is 0. The van der Waals surface area contributed by atoms with Crippen molar-refractivity contribution in [3.8, 4) is 0 Å². The maximum absolute atomic E-state index is 5.73. The van der Waals surface area contributed by atoms with Gasteiger partial charge in [-0.25, -0.2) is 0 Å². The molecule has 0 saturated carbocycles. The minimum atomic E-state index is 0.239. The lowest BCUT2D eigenvalue weighted by Gasteiger charge is -2.24. The SMILES string of the molecule is CC(N)C1=CCCN(C)C1. The molecule has 0 saturated heterocycles. The number of nitrogens with zero attached hydrogens (tertiary/aromatic N) is 1. The summed E-state index contributed by atoms with van der Waals surface area (Å²) < 4.78 is 0. The molecule has 0 fully saturated rings. The lowest BCUT2D eigenvalue weighted by Crippen LogP contribution is -2.32. The first-order chi connectivity index (χ1) is 4.70. The minimum absolute atomic E-state index is 0.239. The van der Waals surface area contributed by atoms with Crippen LogP contribution in [0, 0.1) is 0 Å². The van der Waals surface area contributed by atoms with Gasteiger partial charge in [0, 0.05) is 19.1 Å². The van der Waals surface area contributed by atoms with Crippen molar-refractivity contribution in [2.45, 2.75) is 19.4 Å². The van der Waals surface area contributed by atoms with Gasteiger partial charge in [-0.1, -0.05) is 6.08 Å². The predicted octanol–water partition coefficient (Wildman–Crippen LogP) is 0.595. The normalized spacial score (nSPS) is 24.1. The van der Waals surface area contributed by atoms with E-state index in [1.54, 1.807) is 0 Å². The van der Waals surface area contributed by atoms with Crippen molar-refractivity contribution in [1.29, 1.82) is 0 Å². The molecule has 1 aliphatic heterocycles. The van der Waals surface area contributed by atoms with Crippen LogP contribution in [-0.2, 0) is 0 Å². The molecule has 1 heterocycles. The molecule has 0 aromatic rings. The van der Waals surface area contributed by atoms with Gasteiger partial charge in [-0.3, -0.25) is 0 Å². The Labute approximate surface area is 62.7 Å². The highest BCUT2D eigenvalue weighted by atomic mass is 15.1. The molecule has 1 rings (SSSR count). The Bertz CT molecular complexity index is 138. The zero-order valence-corrected chi connectivity index (χ0v) is 6.80. The number of hydrogen-bond donors (Lipinski definition) is 1. The highest BCUT2D eigenvalue weighted by Crippen LogP contribution is 2.09. The lowest BCUT2D eigenvalue weighted by atomic mass is 10.0. The zero-order chi connectivity index (χ0) is 7.56. The third kappa shape index (κ3) is 1.82. The Balaban J connectivity index is 2.51. The van der Waals surface area contributed by atoms with Crippen LogP contribution in [0.2, 0.25) is 0 Å². The average Bonchev–Trinajstić information content (AvgIpc) is 1.88. The second-order valence-electron chi connectivity index (χ2n) is 3.09. The molecule has 0 aliphatic carbocycles. The van der Waals surface area contributed by atoms with Crippen molar-refractivity contribution in [1.82, 2.24) is 4.90 Å². The third-order valence-corrected chi connectivity index (χ3v) is 1.95. The number of hydrogen-bond acceptors (Lipinski definition) is 2. The Morgan fingerprint density at radius 3 is 2.80 bits per heavy atom. The minimum Gasteiger partial charge on any atom is -0.324 e. The Morgan fingerprint density at radius 1 is 1.70 bits per heavy atom. The molecule has 0 aromatic heterocycles. The quantitative estimate of drug-likeness (QED) is 0.540. The summed E-state index contributed by atoms with van der Waals surface area (Å²) in [6.45, 7) is 4.28. The van der Waals surface area contributed by atoms with E-state index >= 15 is 0 Å². The summed E-state index contributed by atoms with van der Waals surface area (Å²) in [6.07, 6.45) is 3.43. The van der Waals surface area contributed by atoms with Crippen LogP contribution in [0.25, 0.3) is 0 Å². The van der Waals surface area contributed by atoms with Crippen molar-refractivity contribution < 1.29 is 0 Å². The molecule has 58 valence electrons. The van der Waals surface area contributed by atoms with Crippen LogP contribution in [0.15, 0.2) is 11.6 Å². The molecule has 2 nitrogen and oxygen atoms in total. The zero-order valence-electron chi connectivity index (χ0n) is 6.80. The van der Waals surface area contributed by atoms with Gasteiger partial charge < -0.3 is 10.6 Å². The van der Waals surface area contributed by atoms with E-state index in [0.717, 1.165) is 13.0 Å². The largest absolute Gasteiger partial charge is 0.324 e. The average molecular weight is 140 g/mol. The van der Waals surface area contributed by atoms with Crippen molar-refractivity contribution in [2.24, 2.45) is 5.73 Å². The number of likely N-dealkylation sites (N-methyl/N-ethyl adjacent to an activating group) is 1. The van der Waals surface area contributed by atoms with Crippen molar-refractivity contribution in [3.63, 3.8) is 0 Å². The van der Waals surface area contributed by atoms with Crippen LogP contribution in [0.1, 0.15) is 13.3 Å². The summed E-state index contributed by atoms with van der Waals surface area (Å²) in [7, 11) is 2.13. The number of rotatable bonds is 1. The van der Waals surface area contributed by atoms with Crippen LogP contribution in [0.5, 0.6) is 0 Å². The Morgan fingerprint density at radius 2 is 2.40 bits per heavy atom. The molecule has 0 bridgehead atoms. The van der Waals surface area contributed by atoms with Crippen molar-refractivity contribution >= 4 is 0 Å². The van der Waals surface area contributed by atoms with E-state index in [9.17, 15) is 0 Å². The smallest absolute Gasteiger partial charge is 0.0237 e. The van der Waals surface area contributed by atoms with Gasteiger partial charge in [0.25, 0.3) is 0 Å². The molecular weight excluding hydrogens is 124 g/mol. The summed E-state index contributed by atoms with van der Waals surface area (Å²) in [5.41, 5.74) is 7.12. The molecule has 1 aliphatic rings. The van der Waals surface area contributed by atoms with Crippen LogP contribution in [0.3, 0.4) is 0 Å². The maximum Gasteiger partial charge on any atom is 0.0237 e. The van der Waals surface area contributed by atoms with Crippen LogP contribution in [0.4, 0.5) is 0 Å². The van der Waals surface area contributed by atoms with Gasteiger partial charge in [-0.2, -0.15) is 0 Å². The fraction of sp³-hybridized carbons (Fsp3) is 0.750. The van der Waals surface area contributed by atoms with Crippen molar-refractivity contribution in [2.75, 3.05) is 20.1 Å². The molecule has 0 radical (unpaired) electrons. The van der Waals surface area contributed by atoms with Gasteiger partial charge in [0.1, 0.15) is 0 Å². The molecular formula is C8H16N2. The molecule has 0 amide bonds. The fourth-order valence-electron chi connectivity index (χ4n) is 1.26. The van der Waals surface area contributed by atoms with Gasteiger partial charge in [0.2, 0.25) is 0 Å². The molecule has 0 spiro atoms. The van der Waals surface area contributed by atoms with E-state index in [2.05, 4.69) is 18.0 Å². The fourth-order valence-corrected chi connectivity index (χ4v) is 1.26. The standard InChI is InChI=1S/C8H16N2/c1-7(9)8-4-3-5-10(2)6-8/h4,7H,3,5-6,9H2,1-2H3. The second kappa shape index (κ2) is 3.17. The molecule has 1 atom stereocenters. The molecule has 0 aromatic carbocycles. The van der Waals surface area contributed by atoms with Gasteiger partial charge >= 0.3 is 0 Å². The van der Waals surface area contributed by atoms with Crippen LogP contribution < -0.4 is 5.73 Å². The van der Waals surface area contributed by atoms with E-state index < -0.39 is 0 Å². The monoisotopic (exact) mass is 140 g/mol. The Hall–Kier alpha value is -0.340. The Kier molecular flexibility index (Phi) is 2.46. The number of nitrogens with two attached hydrogens (primary N) is 1. The van der Waals surface area contributed by atoms with E-state index in [1.807, 2.05) is 6.92 Å². The van der Waals surface area contributed by atoms with Gasteiger partial charge in [-0.15, -0.1) is 0 Å². The first-order valence-corrected chi connectivity index (χ1v) is 3.83. The van der Waals surface area contributed by atoms with Crippen molar-refractivity contribution in [3.05, 3.63) is 11.6 Å². The topological polar surface area (TPSA) is 29.3 Å². The van der Waals surface area contributed by atoms with Gasteiger partial charge in [-0.05, 0) is 26.0 Å².